The van der Waals surface area contributed by atoms with Gasteiger partial charge in [-0.05, 0) is 74.5 Å². The second kappa shape index (κ2) is 4.97. The highest BCUT2D eigenvalue weighted by atomic mass is 16.4. The first-order valence-corrected chi connectivity index (χ1v) is 8.83. The minimum Gasteiger partial charge on any atom is -0.481 e. The lowest BCUT2D eigenvalue weighted by Crippen LogP contribution is -2.50. The third-order valence-electron chi connectivity index (χ3n) is 7.45. The third kappa shape index (κ3) is 2.10. The van der Waals surface area contributed by atoms with E-state index in [0.29, 0.717) is 5.92 Å². The maximum atomic E-state index is 11.9. The molecule has 5 atom stereocenters. The molecule has 0 heterocycles. The first-order chi connectivity index (χ1) is 10.3. The van der Waals surface area contributed by atoms with E-state index >= 15 is 0 Å². The van der Waals surface area contributed by atoms with E-state index < -0.39 is 11.4 Å². The molecule has 0 bridgehead atoms. The Hall–Kier alpha value is -1.05. The number of rotatable bonds is 2. The van der Waals surface area contributed by atoms with Gasteiger partial charge in [-0.25, -0.2) is 0 Å². The Balaban J connectivity index is 1.95. The summed E-state index contributed by atoms with van der Waals surface area (Å²) < 4.78 is 0. The van der Waals surface area contributed by atoms with Gasteiger partial charge in [-0.15, -0.1) is 6.58 Å². The van der Waals surface area contributed by atoms with E-state index in [1.165, 1.54) is 31.3 Å². The molecule has 122 valence electrons. The smallest absolute Gasteiger partial charge is 0.309 e. The number of hydrogen-bond donors (Lipinski definition) is 1. The van der Waals surface area contributed by atoms with Gasteiger partial charge in [0, 0.05) is 0 Å². The molecular weight excluding hydrogens is 272 g/mol. The van der Waals surface area contributed by atoms with Crippen LogP contribution >= 0.6 is 0 Å². The summed E-state index contributed by atoms with van der Waals surface area (Å²) in [5, 5.41) is 9.80. The maximum Gasteiger partial charge on any atom is 0.309 e. The number of carbonyl (C=O) groups is 1. The molecule has 0 saturated heterocycles. The van der Waals surface area contributed by atoms with Crippen LogP contribution in [0.5, 0.6) is 0 Å². The quantitative estimate of drug-likeness (QED) is 0.711. The number of aliphatic carboxylic acids is 1. The van der Waals surface area contributed by atoms with Crippen LogP contribution in [0, 0.1) is 28.1 Å². The van der Waals surface area contributed by atoms with E-state index in [9.17, 15) is 9.90 Å². The Morgan fingerprint density at radius 1 is 1.27 bits per heavy atom. The van der Waals surface area contributed by atoms with Crippen LogP contribution in [0.15, 0.2) is 24.3 Å². The van der Waals surface area contributed by atoms with E-state index in [-0.39, 0.29) is 16.7 Å². The normalized spacial score (nSPS) is 47.9. The fourth-order valence-electron chi connectivity index (χ4n) is 5.54. The summed E-state index contributed by atoms with van der Waals surface area (Å²) in [7, 11) is 0. The molecule has 2 saturated carbocycles. The van der Waals surface area contributed by atoms with Crippen LogP contribution in [-0.4, -0.2) is 11.1 Å². The van der Waals surface area contributed by atoms with Crippen LogP contribution in [0.3, 0.4) is 0 Å². The van der Waals surface area contributed by atoms with Crippen LogP contribution in [-0.2, 0) is 4.79 Å². The van der Waals surface area contributed by atoms with Crippen molar-refractivity contribution < 1.29 is 9.90 Å². The molecule has 0 unspecified atom stereocenters. The van der Waals surface area contributed by atoms with Gasteiger partial charge in [-0.3, -0.25) is 4.79 Å². The predicted octanol–water partition coefficient (Wildman–Crippen LogP) is 5.21. The molecule has 2 heteroatoms. The zero-order valence-electron chi connectivity index (χ0n) is 14.3. The highest BCUT2D eigenvalue weighted by Gasteiger charge is 2.55. The summed E-state index contributed by atoms with van der Waals surface area (Å²) in [6, 6.07) is 0. The van der Waals surface area contributed by atoms with Crippen molar-refractivity contribution in [3.05, 3.63) is 24.3 Å². The van der Waals surface area contributed by atoms with Gasteiger partial charge in [0.05, 0.1) is 5.41 Å². The van der Waals surface area contributed by atoms with Crippen molar-refractivity contribution in [3.8, 4) is 0 Å². The average Bonchev–Trinajstić information content (AvgIpc) is 2.49. The van der Waals surface area contributed by atoms with E-state index in [2.05, 4.69) is 32.6 Å². The van der Waals surface area contributed by atoms with Gasteiger partial charge in [-0.1, -0.05) is 31.6 Å². The van der Waals surface area contributed by atoms with Gasteiger partial charge in [0.1, 0.15) is 0 Å². The summed E-state index contributed by atoms with van der Waals surface area (Å²) in [6.45, 7) is 10.8. The summed E-state index contributed by atoms with van der Waals surface area (Å²) in [4.78, 5) is 11.9. The SMILES string of the molecule is C=C[C@]1(C)CC[C@@]2(C)C3=CCC[C@@](C)(C(=O)O)[C@@H]3CC[C@@H]2C1. The number of carboxylic acids is 1. The van der Waals surface area contributed by atoms with Crippen LogP contribution in [0.2, 0.25) is 0 Å². The molecule has 0 radical (unpaired) electrons. The summed E-state index contributed by atoms with van der Waals surface area (Å²) in [5.74, 6) is 0.327. The Labute approximate surface area is 134 Å². The second-order valence-electron chi connectivity index (χ2n) is 8.73. The molecule has 1 N–H and O–H groups in total. The lowest BCUT2D eigenvalue weighted by Gasteiger charge is -2.57. The fraction of sp³-hybridized carbons (Fsp3) is 0.750. The average molecular weight is 302 g/mol. The number of hydrogen-bond acceptors (Lipinski definition) is 1. The summed E-state index contributed by atoms with van der Waals surface area (Å²) in [5.41, 5.74) is 1.40. The molecule has 3 rings (SSSR count). The first-order valence-electron chi connectivity index (χ1n) is 8.83. The zero-order valence-corrected chi connectivity index (χ0v) is 14.3. The molecule has 2 fully saturated rings. The summed E-state index contributed by atoms with van der Waals surface area (Å²) >= 11 is 0. The molecule has 0 aromatic carbocycles. The van der Waals surface area contributed by atoms with Crippen LogP contribution < -0.4 is 0 Å². The number of allylic oxidation sites excluding steroid dienone is 3. The van der Waals surface area contributed by atoms with Crippen molar-refractivity contribution in [2.45, 2.75) is 65.7 Å². The molecule has 0 amide bonds. The van der Waals surface area contributed by atoms with Gasteiger partial charge in [-0.2, -0.15) is 0 Å². The second-order valence-corrected chi connectivity index (χ2v) is 8.73. The van der Waals surface area contributed by atoms with Gasteiger partial charge >= 0.3 is 5.97 Å². The molecule has 3 aliphatic carbocycles. The monoisotopic (exact) mass is 302 g/mol. The number of fused-ring (bicyclic) bond motifs is 3. The summed E-state index contributed by atoms with van der Waals surface area (Å²) in [6.07, 6.45) is 12.0. The lowest BCUT2D eigenvalue weighted by atomic mass is 9.47. The van der Waals surface area contributed by atoms with E-state index in [0.717, 1.165) is 19.3 Å². The van der Waals surface area contributed by atoms with Gasteiger partial charge in [0.2, 0.25) is 0 Å². The molecule has 22 heavy (non-hydrogen) atoms. The van der Waals surface area contributed by atoms with Gasteiger partial charge in [0.15, 0.2) is 0 Å². The Kier molecular flexibility index (Phi) is 3.58. The highest BCUT2D eigenvalue weighted by Crippen LogP contribution is 2.63. The van der Waals surface area contributed by atoms with Crippen molar-refractivity contribution in [1.82, 2.24) is 0 Å². The maximum absolute atomic E-state index is 11.9. The third-order valence-corrected chi connectivity index (χ3v) is 7.45. The van der Waals surface area contributed by atoms with Gasteiger partial charge in [0.25, 0.3) is 0 Å². The van der Waals surface area contributed by atoms with Crippen LogP contribution in [0.25, 0.3) is 0 Å². The largest absolute Gasteiger partial charge is 0.481 e. The van der Waals surface area contributed by atoms with Crippen molar-refractivity contribution in [3.63, 3.8) is 0 Å². The minimum atomic E-state index is -0.600. The van der Waals surface area contributed by atoms with Crippen molar-refractivity contribution >= 4 is 5.97 Å². The Bertz CT molecular complexity index is 534. The molecule has 2 nitrogen and oxygen atoms in total. The zero-order chi connectivity index (χ0) is 16.2. The molecular formula is C20H30O2. The van der Waals surface area contributed by atoms with Crippen molar-refractivity contribution in [2.24, 2.45) is 28.1 Å². The van der Waals surface area contributed by atoms with Crippen molar-refractivity contribution in [1.29, 1.82) is 0 Å². The predicted molar refractivity (Wildman–Crippen MR) is 89.5 cm³/mol. The first kappa shape index (κ1) is 15.8. The van der Waals surface area contributed by atoms with E-state index in [1.807, 2.05) is 6.92 Å². The molecule has 0 aromatic heterocycles. The fourth-order valence-corrected chi connectivity index (χ4v) is 5.54. The Morgan fingerprint density at radius 2 is 2.00 bits per heavy atom. The van der Waals surface area contributed by atoms with E-state index in [1.54, 1.807) is 0 Å². The molecule has 0 aliphatic heterocycles. The highest BCUT2D eigenvalue weighted by molar-refractivity contribution is 5.75. The lowest BCUT2D eigenvalue weighted by molar-refractivity contribution is -0.153. The Morgan fingerprint density at radius 3 is 2.64 bits per heavy atom. The van der Waals surface area contributed by atoms with Crippen molar-refractivity contribution in [2.75, 3.05) is 0 Å². The minimum absolute atomic E-state index is 0.211. The van der Waals surface area contributed by atoms with Crippen LogP contribution in [0.1, 0.15) is 65.7 Å². The van der Waals surface area contributed by atoms with E-state index in [4.69, 9.17) is 0 Å². The topological polar surface area (TPSA) is 37.3 Å². The molecule has 0 aromatic rings. The van der Waals surface area contributed by atoms with Crippen LogP contribution in [0.4, 0.5) is 0 Å². The molecule has 0 spiro atoms. The molecule has 3 aliphatic rings. The number of carboxylic acid groups (broad SMARTS) is 1. The van der Waals surface area contributed by atoms with Gasteiger partial charge < -0.3 is 5.11 Å². The standard InChI is InChI=1S/C20H30O2/c1-5-18(2)11-12-19(3)14(13-18)8-9-16-15(19)7-6-10-20(16,4)17(21)22/h5,7,14,16H,1,6,8-13H2,2-4H3,(H,21,22)/t14-,16-,18-,19-,20-/m1/s1.